The van der Waals surface area contributed by atoms with Gasteiger partial charge in [-0.1, -0.05) is 54.1 Å². The summed E-state index contributed by atoms with van der Waals surface area (Å²) in [6, 6.07) is 15.2. The van der Waals surface area contributed by atoms with Crippen molar-refractivity contribution in [1.29, 1.82) is 0 Å². The highest BCUT2D eigenvalue weighted by Gasteiger charge is 2.23. The molecule has 0 aromatic heterocycles. The maximum atomic E-state index is 12.2. The number of halogens is 1. The maximum Gasteiger partial charge on any atom is 0.333 e. The predicted molar refractivity (Wildman–Crippen MR) is 95.5 cm³/mol. The third kappa shape index (κ3) is 5.80. The molecule has 132 valence electrons. The molecule has 0 heterocycles. The summed E-state index contributed by atoms with van der Waals surface area (Å²) in [6.07, 6.45) is 0.0912. The molecule has 2 aromatic rings. The van der Waals surface area contributed by atoms with Crippen LogP contribution in [0.3, 0.4) is 0 Å². The zero-order valence-electron chi connectivity index (χ0n) is 13.9. The van der Waals surface area contributed by atoms with Crippen molar-refractivity contribution in [3.05, 3.63) is 65.2 Å². The Hall–Kier alpha value is -2.53. The summed E-state index contributed by atoms with van der Waals surface area (Å²) in [5.41, 5.74) is 0.668. The molecule has 6 heteroatoms. The van der Waals surface area contributed by atoms with E-state index in [-0.39, 0.29) is 25.5 Å². The first-order chi connectivity index (χ1) is 12.1. The molecular formula is C19H20ClNO4. The van der Waals surface area contributed by atoms with E-state index in [1.807, 2.05) is 6.07 Å². The SMILES string of the molecule is CCOC(=O)C(NC(=O)CCOc1ccccc1Cl)c1ccccc1. The summed E-state index contributed by atoms with van der Waals surface area (Å²) in [7, 11) is 0. The van der Waals surface area contributed by atoms with E-state index in [1.165, 1.54) is 0 Å². The van der Waals surface area contributed by atoms with Gasteiger partial charge in [0.1, 0.15) is 5.75 Å². The lowest BCUT2D eigenvalue weighted by Gasteiger charge is -2.18. The number of ether oxygens (including phenoxy) is 2. The molecular weight excluding hydrogens is 342 g/mol. The standard InChI is InChI=1S/C19H20ClNO4/c1-2-24-19(23)18(14-8-4-3-5-9-14)21-17(22)12-13-25-16-11-7-6-10-15(16)20/h3-11,18H,2,12-13H2,1H3,(H,21,22). The van der Waals surface area contributed by atoms with Gasteiger partial charge in [-0.05, 0) is 24.6 Å². The number of para-hydroxylation sites is 1. The van der Waals surface area contributed by atoms with Crippen molar-refractivity contribution in [2.75, 3.05) is 13.2 Å². The second kappa shape index (κ2) is 9.69. The molecule has 1 unspecified atom stereocenters. The van der Waals surface area contributed by atoms with Crippen molar-refractivity contribution in [2.45, 2.75) is 19.4 Å². The Labute approximate surface area is 151 Å². The Kier molecular flexibility index (Phi) is 7.29. The van der Waals surface area contributed by atoms with Gasteiger partial charge in [0.2, 0.25) is 5.91 Å². The zero-order valence-corrected chi connectivity index (χ0v) is 14.7. The average molecular weight is 362 g/mol. The molecule has 0 aliphatic heterocycles. The minimum absolute atomic E-state index is 0.0912. The van der Waals surface area contributed by atoms with Crippen LogP contribution in [0, 0.1) is 0 Å². The second-order valence-corrected chi connectivity index (χ2v) is 5.60. The summed E-state index contributed by atoms with van der Waals surface area (Å²) >= 11 is 5.99. The van der Waals surface area contributed by atoms with Crippen LogP contribution in [0.15, 0.2) is 54.6 Å². The van der Waals surface area contributed by atoms with Crippen LogP contribution in [0.1, 0.15) is 24.9 Å². The topological polar surface area (TPSA) is 64.6 Å². The molecule has 2 rings (SSSR count). The van der Waals surface area contributed by atoms with E-state index < -0.39 is 12.0 Å². The van der Waals surface area contributed by atoms with Crippen molar-refractivity contribution in [1.82, 2.24) is 5.32 Å². The summed E-state index contributed by atoms with van der Waals surface area (Å²) in [5.74, 6) is -0.287. The summed E-state index contributed by atoms with van der Waals surface area (Å²) in [6.45, 7) is 2.12. The fraction of sp³-hybridized carbons (Fsp3) is 0.263. The lowest BCUT2D eigenvalue weighted by Crippen LogP contribution is -2.35. The van der Waals surface area contributed by atoms with E-state index >= 15 is 0 Å². The fourth-order valence-corrected chi connectivity index (χ4v) is 2.39. The highest BCUT2D eigenvalue weighted by atomic mass is 35.5. The van der Waals surface area contributed by atoms with Gasteiger partial charge in [0, 0.05) is 0 Å². The molecule has 5 nitrogen and oxygen atoms in total. The molecule has 1 amide bonds. The molecule has 0 fully saturated rings. The smallest absolute Gasteiger partial charge is 0.333 e. The Bertz CT molecular complexity index is 706. The van der Waals surface area contributed by atoms with Crippen LogP contribution in [0.25, 0.3) is 0 Å². The lowest BCUT2D eigenvalue weighted by atomic mass is 10.1. The number of esters is 1. The number of benzene rings is 2. The average Bonchev–Trinajstić information content (AvgIpc) is 2.62. The van der Waals surface area contributed by atoms with Crippen LogP contribution in [0.4, 0.5) is 0 Å². The molecule has 0 aliphatic carbocycles. The molecule has 0 aliphatic rings. The van der Waals surface area contributed by atoms with E-state index in [0.717, 1.165) is 0 Å². The van der Waals surface area contributed by atoms with Crippen molar-refractivity contribution < 1.29 is 19.1 Å². The van der Waals surface area contributed by atoms with Gasteiger partial charge in [0.25, 0.3) is 0 Å². The first-order valence-electron chi connectivity index (χ1n) is 8.00. The van der Waals surface area contributed by atoms with Gasteiger partial charge in [-0.3, -0.25) is 4.79 Å². The van der Waals surface area contributed by atoms with Crippen LogP contribution in [-0.2, 0) is 14.3 Å². The monoisotopic (exact) mass is 361 g/mol. The highest BCUT2D eigenvalue weighted by molar-refractivity contribution is 6.32. The number of carbonyl (C=O) groups excluding carboxylic acids is 2. The third-order valence-electron chi connectivity index (χ3n) is 3.38. The van der Waals surface area contributed by atoms with E-state index in [2.05, 4.69) is 5.32 Å². The van der Waals surface area contributed by atoms with Crippen LogP contribution >= 0.6 is 11.6 Å². The first-order valence-corrected chi connectivity index (χ1v) is 8.38. The van der Waals surface area contributed by atoms with Gasteiger partial charge in [-0.15, -0.1) is 0 Å². The normalized spacial score (nSPS) is 11.4. The summed E-state index contributed by atoms with van der Waals surface area (Å²) < 4.78 is 10.5. The van der Waals surface area contributed by atoms with Crippen molar-refractivity contribution >= 4 is 23.5 Å². The van der Waals surface area contributed by atoms with Gasteiger partial charge < -0.3 is 14.8 Å². The van der Waals surface area contributed by atoms with Crippen molar-refractivity contribution in [3.63, 3.8) is 0 Å². The molecule has 25 heavy (non-hydrogen) atoms. The number of hydrogen-bond acceptors (Lipinski definition) is 4. The molecule has 0 radical (unpaired) electrons. The van der Waals surface area contributed by atoms with E-state index in [9.17, 15) is 9.59 Å². The van der Waals surface area contributed by atoms with Crippen LogP contribution in [-0.4, -0.2) is 25.1 Å². The molecule has 0 bridgehead atoms. The van der Waals surface area contributed by atoms with Crippen molar-refractivity contribution in [3.8, 4) is 5.75 Å². The van der Waals surface area contributed by atoms with E-state index in [1.54, 1.807) is 55.5 Å². The fourth-order valence-electron chi connectivity index (χ4n) is 2.20. The summed E-state index contributed by atoms with van der Waals surface area (Å²) in [4.78, 5) is 24.3. The minimum Gasteiger partial charge on any atom is -0.491 e. The lowest BCUT2D eigenvalue weighted by molar-refractivity contribution is -0.147. The number of rotatable bonds is 8. The quantitative estimate of drug-likeness (QED) is 0.730. The number of hydrogen-bond donors (Lipinski definition) is 1. The van der Waals surface area contributed by atoms with Gasteiger partial charge in [0.15, 0.2) is 6.04 Å². The molecule has 1 atom stereocenters. The number of nitrogens with one attached hydrogen (secondary N) is 1. The van der Waals surface area contributed by atoms with Crippen LogP contribution < -0.4 is 10.1 Å². The third-order valence-corrected chi connectivity index (χ3v) is 3.70. The highest BCUT2D eigenvalue weighted by Crippen LogP contribution is 2.23. The number of amides is 1. The second-order valence-electron chi connectivity index (χ2n) is 5.19. The van der Waals surface area contributed by atoms with Gasteiger partial charge >= 0.3 is 5.97 Å². The van der Waals surface area contributed by atoms with Crippen LogP contribution in [0.5, 0.6) is 5.75 Å². The Morgan fingerprint density at radius 1 is 1.08 bits per heavy atom. The van der Waals surface area contributed by atoms with E-state index in [4.69, 9.17) is 21.1 Å². The van der Waals surface area contributed by atoms with Gasteiger partial charge in [-0.2, -0.15) is 0 Å². The Morgan fingerprint density at radius 2 is 1.76 bits per heavy atom. The molecule has 0 saturated carbocycles. The molecule has 2 aromatic carbocycles. The molecule has 0 spiro atoms. The largest absolute Gasteiger partial charge is 0.491 e. The van der Waals surface area contributed by atoms with E-state index in [0.29, 0.717) is 16.3 Å². The Balaban J connectivity index is 1.93. The molecule has 1 N–H and O–H groups in total. The van der Waals surface area contributed by atoms with Gasteiger partial charge in [-0.25, -0.2) is 4.79 Å². The number of carbonyl (C=O) groups is 2. The molecule has 0 saturated heterocycles. The Morgan fingerprint density at radius 3 is 2.44 bits per heavy atom. The predicted octanol–water partition coefficient (Wildman–Crippen LogP) is 3.53. The summed E-state index contributed by atoms with van der Waals surface area (Å²) in [5, 5.41) is 3.18. The van der Waals surface area contributed by atoms with Crippen LogP contribution in [0.2, 0.25) is 5.02 Å². The maximum absolute atomic E-state index is 12.2. The van der Waals surface area contributed by atoms with Crippen molar-refractivity contribution in [2.24, 2.45) is 0 Å². The zero-order chi connectivity index (χ0) is 18.1. The van der Waals surface area contributed by atoms with Gasteiger partial charge in [0.05, 0.1) is 24.7 Å². The first kappa shape index (κ1) is 18.8. The minimum atomic E-state index is -0.839.